The third kappa shape index (κ3) is 3.69. The van der Waals surface area contributed by atoms with E-state index in [0.717, 1.165) is 29.7 Å². The van der Waals surface area contributed by atoms with Crippen LogP contribution in [0.1, 0.15) is 17.5 Å². The van der Waals surface area contributed by atoms with Crippen LogP contribution in [-0.4, -0.2) is 37.0 Å². The second-order valence-corrected chi connectivity index (χ2v) is 7.11. The highest BCUT2D eigenvalue weighted by atomic mass is 16.5. The summed E-state index contributed by atoms with van der Waals surface area (Å²) in [7, 11) is 1.65. The van der Waals surface area contributed by atoms with E-state index in [-0.39, 0.29) is 18.4 Å². The maximum atomic E-state index is 12.3. The Morgan fingerprint density at radius 1 is 1.11 bits per heavy atom. The number of rotatable bonds is 5. The van der Waals surface area contributed by atoms with Crippen molar-refractivity contribution in [1.29, 1.82) is 0 Å². The van der Waals surface area contributed by atoms with Gasteiger partial charge in [0.25, 0.3) is 5.91 Å². The molecule has 3 N–H and O–H groups in total. The molecule has 2 aromatic carbocycles. The number of nitrogens with one attached hydrogen (secondary N) is 3. The van der Waals surface area contributed by atoms with Crippen molar-refractivity contribution in [2.45, 2.75) is 31.3 Å². The van der Waals surface area contributed by atoms with Crippen LogP contribution in [0.2, 0.25) is 0 Å². The fraction of sp³-hybridized carbons (Fsp3) is 0.286. The summed E-state index contributed by atoms with van der Waals surface area (Å²) in [4.78, 5) is 35.0. The van der Waals surface area contributed by atoms with Gasteiger partial charge in [0.05, 0.1) is 13.5 Å². The maximum absolute atomic E-state index is 12.3. The third-order valence-electron chi connectivity index (χ3n) is 5.16. The molecule has 0 aromatic heterocycles. The first kappa shape index (κ1) is 18.0. The fourth-order valence-electron chi connectivity index (χ4n) is 3.78. The number of benzene rings is 2. The van der Waals surface area contributed by atoms with Gasteiger partial charge in [-0.25, -0.2) is 4.79 Å². The Balaban J connectivity index is 1.40. The number of hydrogen-bond donors (Lipinski definition) is 3. The van der Waals surface area contributed by atoms with Crippen molar-refractivity contribution < 1.29 is 19.1 Å². The highest BCUT2D eigenvalue weighted by Gasteiger charge is 2.32. The topological polar surface area (TPSA) is 96.5 Å². The lowest BCUT2D eigenvalue weighted by atomic mass is 10.0. The van der Waals surface area contributed by atoms with E-state index in [1.54, 1.807) is 7.11 Å². The van der Waals surface area contributed by atoms with E-state index in [0.29, 0.717) is 0 Å². The van der Waals surface area contributed by atoms with E-state index in [2.05, 4.69) is 34.1 Å². The Labute approximate surface area is 162 Å². The molecule has 7 nitrogen and oxygen atoms in total. The predicted molar refractivity (Wildman–Crippen MR) is 103 cm³/mol. The Hall–Kier alpha value is -3.35. The highest BCUT2D eigenvalue weighted by Crippen LogP contribution is 2.30. The van der Waals surface area contributed by atoms with Gasteiger partial charge in [0.2, 0.25) is 5.91 Å². The summed E-state index contributed by atoms with van der Waals surface area (Å²) in [6, 6.07) is 12.9. The van der Waals surface area contributed by atoms with Crippen molar-refractivity contribution in [2.75, 3.05) is 7.11 Å². The summed E-state index contributed by atoms with van der Waals surface area (Å²) in [6.07, 6.45) is 1.43. The molecule has 2 aliphatic rings. The van der Waals surface area contributed by atoms with Crippen molar-refractivity contribution in [3.63, 3.8) is 0 Å². The van der Waals surface area contributed by atoms with Gasteiger partial charge in [0.15, 0.2) is 0 Å². The lowest BCUT2D eigenvalue weighted by Gasteiger charge is -2.13. The van der Waals surface area contributed by atoms with Gasteiger partial charge < -0.3 is 15.4 Å². The van der Waals surface area contributed by atoms with Gasteiger partial charge in [-0.3, -0.25) is 14.9 Å². The third-order valence-corrected chi connectivity index (χ3v) is 5.16. The molecule has 2 atom stereocenters. The van der Waals surface area contributed by atoms with E-state index >= 15 is 0 Å². The van der Waals surface area contributed by atoms with Crippen LogP contribution in [0.15, 0.2) is 42.5 Å². The molecule has 7 heteroatoms. The molecule has 0 bridgehead atoms. The molecule has 1 fully saturated rings. The molecule has 1 aliphatic heterocycles. The zero-order valence-electron chi connectivity index (χ0n) is 15.5. The second kappa shape index (κ2) is 7.34. The van der Waals surface area contributed by atoms with Gasteiger partial charge >= 0.3 is 6.03 Å². The number of amides is 4. The normalized spacial score (nSPS) is 20.3. The van der Waals surface area contributed by atoms with Crippen molar-refractivity contribution in [1.82, 2.24) is 16.0 Å². The summed E-state index contributed by atoms with van der Waals surface area (Å²) < 4.78 is 5.30. The number of urea groups is 1. The van der Waals surface area contributed by atoms with Crippen LogP contribution >= 0.6 is 0 Å². The lowest BCUT2D eigenvalue weighted by molar-refractivity contribution is -0.126. The fourth-order valence-corrected chi connectivity index (χ4v) is 3.78. The monoisotopic (exact) mass is 379 g/mol. The molecular weight excluding hydrogens is 358 g/mol. The van der Waals surface area contributed by atoms with Crippen molar-refractivity contribution >= 4 is 17.8 Å². The number of ether oxygens (including phenoxy) is 1. The molecular formula is C21H21N3O4. The Kier molecular flexibility index (Phi) is 4.73. The van der Waals surface area contributed by atoms with E-state index in [1.165, 1.54) is 11.1 Å². The van der Waals surface area contributed by atoms with Gasteiger partial charge in [-0.2, -0.15) is 0 Å². The largest absolute Gasteiger partial charge is 0.497 e. The molecule has 28 heavy (non-hydrogen) atoms. The van der Waals surface area contributed by atoms with Crippen LogP contribution < -0.4 is 20.7 Å². The molecule has 1 aliphatic carbocycles. The summed E-state index contributed by atoms with van der Waals surface area (Å²) >= 11 is 0. The molecule has 0 radical (unpaired) electrons. The quantitative estimate of drug-likeness (QED) is 0.687. The number of carbonyl (C=O) groups excluding carboxylic acids is 3. The molecule has 0 saturated carbocycles. The zero-order valence-corrected chi connectivity index (χ0v) is 15.5. The van der Waals surface area contributed by atoms with Crippen LogP contribution in [0.4, 0.5) is 4.79 Å². The average molecular weight is 379 g/mol. The predicted octanol–water partition coefficient (Wildman–Crippen LogP) is 1.54. The molecule has 0 spiro atoms. The second-order valence-electron chi connectivity index (χ2n) is 7.11. The minimum atomic E-state index is -0.795. The van der Waals surface area contributed by atoms with Gasteiger partial charge in [-0.15, -0.1) is 0 Å². The van der Waals surface area contributed by atoms with Gasteiger partial charge in [-0.05, 0) is 47.2 Å². The molecule has 1 saturated heterocycles. The van der Waals surface area contributed by atoms with Crippen LogP contribution in [0.3, 0.4) is 0 Å². The Morgan fingerprint density at radius 3 is 2.64 bits per heavy atom. The average Bonchev–Trinajstić information content (AvgIpc) is 3.22. The van der Waals surface area contributed by atoms with Crippen LogP contribution in [0, 0.1) is 0 Å². The minimum Gasteiger partial charge on any atom is -0.497 e. The molecule has 4 rings (SSSR count). The Bertz CT molecular complexity index is 956. The van der Waals surface area contributed by atoms with Gasteiger partial charge in [0, 0.05) is 6.04 Å². The summed E-state index contributed by atoms with van der Waals surface area (Å²) in [6.45, 7) is 0. The number of carbonyl (C=O) groups is 3. The summed E-state index contributed by atoms with van der Waals surface area (Å²) in [5, 5.41) is 7.55. The summed E-state index contributed by atoms with van der Waals surface area (Å²) in [5.74, 6) is 0.108. The lowest BCUT2D eigenvalue weighted by Crippen LogP contribution is -2.40. The molecule has 144 valence electrons. The number of fused-ring (bicyclic) bond motifs is 1. The van der Waals surface area contributed by atoms with Gasteiger partial charge in [0.1, 0.15) is 11.8 Å². The van der Waals surface area contributed by atoms with E-state index in [9.17, 15) is 14.4 Å². The standard InChI is InChI=1S/C21H21N3O4/c1-28-17-4-2-3-12(10-17)13-5-6-14-8-16(9-15(14)7-13)22-19(25)11-18-20(26)24-21(27)23-18/h2-7,10,16,18H,8-9,11H2,1H3,(H,22,25)(H2,23,24,26,27). The number of hydrogen-bond acceptors (Lipinski definition) is 4. The molecule has 2 unspecified atom stereocenters. The molecule has 4 amide bonds. The van der Waals surface area contributed by atoms with Crippen molar-refractivity contribution in [3.8, 4) is 16.9 Å². The minimum absolute atomic E-state index is 0.0109. The van der Waals surface area contributed by atoms with Crippen LogP contribution in [0.5, 0.6) is 5.75 Å². The van der Waals surface area contributed by atoms with Crippen molar-refractivity contribution in [2.24, 2.45) is 0 Å². The van der Waals surface area contributed by atoms with E-state index < -0.39 is 18.0 Å². The van der Waals surface area contributed by atoms with Gasteiger partial charge in [-0.1, -0.05) is 30.3 Å². The molecule has 2 aromatic rings. The number of imide groups is 1. The zero-order chi connectivity index (χ0) is 19.7. The van der Waals surface area contributed by atoms with Crippen LogP contribution in [0.25, 0.3) is 11.1 Å². The first-order chi connectivity index (χ1) is 13.5. The van der Waals surface area contributed by atoms with Crippen LogP contribution in [-0.2, 0) is 22.4 Å². The Morgan fingerprint density at radius 2 is 1.89 bits per heavy atom. The maximum Gasteiger partial charge on any atom is 0.322 e. The first-order valence-corrected chi connectivity index (χ1v) is 9.19. The van der Waals surface area contributed by atoms with Crippen molar-refractivity contribution in [3.05, 3.63) is 53.6 Å². The van der Waals surface area contributed by atoms with E-state index in [4.69, 9.17) is 4.74 Å². The SMILES string of the molecule is COc1cccc(-c2ccc3c(c2)CC(NC(=O)CC2NC(=O)NC2=O)C3)c1. The summed E-state index contributed by atoms with van der Waals surface area (Å²) in [5.41, 5.74) is 4.61. The smallest absolute Gasteiger partial charge is 0.322 e. The van der Waals surface area contributed by atoms with E-state index in [1.807, 2.05) is 24.3 Å². The number of methoxy groups -OCH3 is 1. The highest BCUT2D eigenvalue weighted by molar-refractivity contribution is 6.05. The molecule has 1 heterocycles. The first-order valence-electron chi connectivity index (χ1n) is 9.19.